The van der Waals surface area contributed by atoms with Crippen molar-refractivity contribution in [1.29, 1.82) is 10.7 Å². The van der Waals surface area contributed by atoms with Gasteiger partial charge in [-0.2, -0.15) is 10.4 Å². The van der Waals surface area contributed by atoms with Crippen molar-refractivity contribution >= 4 is 50.9 Å². The Morgan fingerprint density at radius 2 is 2.17 bits per heavy atom. The quantitative estimate of drug-likeness (QED) is 0.254. The summed E-state index contributed by atoms with van der Waals surface area (Å²) >= 11 is 2.23. The Bertz CT molecular complexity index is 1000. The summed E-state index contributed by atoms with van der Waals surface area (Å²) in [5.74, 6) is 0.138. The van der Waals surface area contributed by atoms with Crippen LogP contribution >= 0.6 is 22.6 Å². The lowest BCUT2D eigenvalue weighted by molar-refractivity contribution is 0.620. The highest BCUT2D eigenvalue weighted by Gasteiger charge is 2.09. The average Bonchev–Trinajstić information content (AvgIpc) is 2.98. The van der Waals surface area contributed by atoms with Crippen LogP contribution in [0.15, 0.2) is 52.0 Å². The van der Waals surface area contributed by atoms with E-state index in [4.69, 9.17) is 20.8 Å². The van der Waals surface area contributed by atoms with E-state index in [1.54, 1.807) is 24.3 Å². The number of nitrogens with zero attached hydrogens (tertiary/aromatic N) is 3. The first-order valence-corrected chi connectivity index (χ1v) is 7.89. The zero-order chi connectivity index (χ0) is 17.1. The standard InChI is InChI=1S/C16H11IN6O/c17-10-3-1-2-9(6-10)16-21-12-7-11(4-5-14(12)24-16)22-23-13(8-18)15(19)20/h1-7,22H,(H3,19,20)/b23-13+. The molecule has 118 valence electrons. The van der Waals surface area contributed by atoms with Gasteiger partial charge in [0.05, 0.1) is 5.69 Å². The first-order chi connectivity index (χ1) is 11.6. The molecule has 0 amide bonds. The molecule has 0 bridgehead atoms. The highest BCUT2D eigenvalue weighted by atomic mass is 127. The molecule has 1 aromatic heterocycles. The normalized spacial score (nSPS) is 11.2. The molecule has 4 N–H and O–H groups in total. The minimum absolute atomic E-state index is 0.185. The summed E-state index contributed by atoms with van der Waals surface area (Å²) in [6, 6.07) is 14.8. The summed E-state index contributed by atoms with van der Waals surface area (Å²) in [5, 5.41) is 19.8. The van der Waals surface area contributed by atoms with Gasteiger partial charge in [-0.25, -0.2) is 4.98 Å². The number of oxazole rings is 1. The van der Waals surface area contributed by atoms with Gasteiger partial charge in [0, 0.05) is 9.13 Å². The highest BCUT2D eigenvalue weighted by molar-refractivity contribution is 14.1. The fourth-order valence-corrected chi connectivity index (χ4v) is 2.55. The molecule has 0 aliphatic carbocycles. The molecular weight excluding hydrogens is 419 g/mol. The number of halogens is 1. The van der Waals surface area contributed by atoms with Crippen LogP contribution < -0.4 is 11.2 Å². The van der Waals surface area contributed by atoms with Crippen LogP contribution in [0.2, 0.25) is 0 Å². The van der Waals surface area contributed by atoms with Crippen molar-refractivity contribution in [3.05, 3.63) is 46.0 Å². The lowest BCUT2D eigenvalue weighted by atomic mass is 10.2. The Hall–Kier alpha value is -2.93. The number of hydrazone groups is 1. The second kappa shape index (κ2) is 6.67. The van der Waals surface area contributed by atoms with Crippen LogP contribution in [-0.4, -0.2) is 16.5 Å². The fraction of sp³-hybridized carbons (Fsp3) is 0. The molecule has 0 saturated carbocycles. The van der Waals surface area contributed by atoms with Gasteiger partial charge < -0.3 is 10.2 Å². The maximum atomic E-state index is 8.83. The molecule has 2 aromatic carbocycles. The largest absolute Gasteiger partial charge is 0.436 e. The molecule has 0 unspecified atom stereocenters. The number of nitrogens with two attached hydrogens (primary N) is 1. The SMILES string of the molecule is N#C/C(=N\Nc1ccc2oc(-c3cccc(I)c3)nc2c1)C(=N)N. The van der Waals surface area contributed by atoms with Crippen LogP contribution in [0.1, 0.15) is 0 Å². The lowest BCUT2D eigenvalue weighted by Crippen LogP contribution is -2.21. The van der Waals surface area contributed by atoms with Gasteiger partial charge in [-0.05, 0) is 59.0 Å². The van der Waals surface area contributed by atoms with Crippen LogP contribution in [0.5, 0.6) is 0 Å². The van der Waals surface area contributed by atoms with E-state index in [-0.39, 0.29) is 5.71 Å². The molecule has 0 spiro atoms. The number of nitriles is 1. The molecule has 0 aliphatic rings. The Morgan fingerprint density at radius 1 is 1.33 bits per heavy atom. The van der Waals surface area contributed by atoms with Gasteiger partial charge in [-0.1, -0.05) is 6.07 Å². The van der Waals surface area contributed by atoms with Crippen LogP contribution in [0.25, 0.3) is 22.6 Å². The number of aromatic nitrogens is 1. The molecular formula is C16H11IN6O. The molecule has 3 aromatic rings. The van der Waals surface area contributed by atoms with Gasteiger partial charge in [0.2, 0.25) is 11.6 Å². The smallest absolute Gasteiger partial charge is 0.227 e. The lowest BCUT2D eigenvalue weighted by Gasteiger charge is -2.00. The summed E-state index contributed by atoms with van der Waals surface area (Å²) in [6.07, 6.45) is 0. The van der Waals surface area contributed by atoms with Gasteiger partial charge in [0.15, 0.2) is 11.4 Å². The minimum atomic E-state index is -0.395. The molecule has 0 fully saturated rings. The van der Waals surface area contributed by atoms with E-state index < -0.39 is 5.84 Å². The fourth-order valence-electron chi connectivity index (χ4n) is 2.01. The monoisotopic (exact) mass is 430 g/mol. The number of hydrogen-bond donors (Lipinski definition) is 3. The number of hydrogen-bond acceptors (Lipinski definition) is 6. The number of rotatable bonds is 4. The van der Waals surface area contributed by atoms with Crippen molar-refractivity contribution in [2.24, 2.45) is 10.8 Å². The molecule has 24 heavy (non-hydrogen) atoms. The first-order valence-electron chi connectivity index (χ1n) is 6.81. The van der Waals surface area contributed by atoms with E-state index in [1.165, 1.54) is 0 Å². The average molecular weight is 430 g/mol. The maximum absolute atomic E-state index is 8.83. The molecule has 3 rings (SSSR count). The van der Waals surface area contributed by atoms with Crippen molar-refractivity contribution in [2.45, 2.75) is 0 Å². The van der Waals surface area contributed by atoms with E-state index in [1.807, 2.05) is 24.3 Å². The van der Waals surface area contributed by atoms with Crippen LogP contribution in [0.4, 0.5) is 5.69 Å². The van der Waals surface area contributed by atoms with Gasteiger partial charge in [0.1, 0.15) is 11.6 Å². The van der Waals surface area contributed by atoms with Crippen molar-refractivity contribution < 1.29 is 4.42 Å². The molecule has 0 radical (unpaired) electrons. The third-order valence-corrected chi connectivity index (χ3v) is 3.79. The molecule has 0 saturated heterocycles. The van der Waals surface area contributed by atoms with Crippen LogP contribution in [-0.2, 0) is 0 Å². The second-order valence-electron chi connectivity index (χ2n) is 4.81. The summed E-state index contributed by atoms with van der Waals surface area (Å²) < 4.78 is 6.86. The first kappa shape index (κ1) is 15.9. The van der Waals surface area contributed by atoms with E-state index in [9.17, 15) is 0 Å². The maximum Gasteiger partial charge on any atom is 0.227 e. The van der Waals surface area contributed by atoms with Gasteiger partial charge in [-0.15, -0.1) is 0 Å². The van der Waals surface area contributed by atoms with Gasteiger partial charge in [-0.3, -0.25) is 10.8 Å². The van der Waals surface area contributed by atoms with Crippen LogP contribution in [0, 0.1) is 20.3 Å². The van der Waals surface area contributed by atoms with E-state index in [2.05, 4.69) is 38.1 Å². The van der Waals surface area contributed by atoms with Crippen LogP contribution in [0.3, 0.4) is 0 Å². The third kappa shape index (κ3) is 3.36. The second-order valence-corrected chi connectivity index (χ2v) is 6.06. The topological polar surface area (TPSA) is 124 Å². The Morgan fingerprint density at radius 3 is 2.88 bits per heavy atom. The Balaban J connectivity index is 1.92. The highest BCUT2D eigenvalue weighted by Crippen LogP contribution is 2.27. The number of nitrogens with one attached hydrogen (secondary N) is 2. The van der Waals surface area contributed by atoms with E-state index in [0.717, 1.165) is 9.13 Å². The molecule has 1 heterocycles. The zero-order valence-corrected chi connectivity index (χ0v) is 14.4. The zero-order valence-electron chi connectivity index (χ0n) is 12.2. The van der Waals surface area contributed by atoms with Crippen molar-refractivity contribution in [3.63, 3.8) is 0 Å². The predicted molar refractivity (Wildman–Crippen MR) is 101 cm³/mol. The number of benzene rings is 2. The molecule has 0 atom stereocenters. The summed E-state index contributed by atoms with van der Waals surface area (Å²) in [5.41, 5.74) is 10.6. The Labute approximate surface area is 150 Å². The van der Waals surface area contributed by atoms with E-state index >= 15 is 0 Å². The minimum Gasteiger partial charge on any atom is -0.436 e. The number of amidine groups is 1. The predicted octanol–water partition coefficient (Wildman–Crippen LogP) is 3.33. The molecule has 0 aliphatic heterocycles. The number of fused-ring (bicyclic) bond motifs is 1. The van der Waals surface area contributed by atoms with E-state index in [0.29, 0.717) is 22.7 Å². The summed E-state index contributed by atoms with van der Waals surface area (Å²) in [6.45, 7) is 0. The van der Waals surface area contributed by atoms with Gasteiger partial charge >= 0.3 is 0 Å². The number of anilines is 1. The summed E-state index contributed by atoms with van der Waals surface area (Å²) in [7, 11) is 0. The van der Waals surface area contributed by atoms with Crippen molar-refractivity contribution in [3.8, 4) is 17.5 Å². The van der Waals surface area contributed by atoms with Gasteiger partial charge in [0.25, 0.3) is 0 Å². The van der Waals surface area contributed by atoms with Crippen molar-refractivity contribution in [2.75, 3.05) is 5.43 Å². The summed E-state index contributed by atoms with van der Waals surface area (Å²) in [4.78, 5) is 4.48. The van der Waals surface area contributed by atoms with Crippen molar-refractivity contribution in [1.82, 2.24) is 4.98 Å². The molecule has 7 nitrogen and oxygen atoms in total. The molecule has 8 heteroatoms. The third-order valence-electron chi connectivity index (χ3n) is 3.12. The Kier molecular flexibility index (Phi) is 4.43.